The van der Waals surface area contributed by atoms with E-state index < -0.39 is 22.8 Å². The molecular formula is C24H19FN4O4. The second-order valence-electron chi connectivity index (χ2n) is 7.26. The second-order valence-corrected chi connectivity index (χ2v) is 7.26. The molecule has 0 fully saturated rings. The minimum atomic E-state index is -1.41. The molecule has 0 amide bonds. The van der Waals surface area contributed by atoms with E-state index in [1.54, 1.807) is 48.5 Å². The fourth-order valence-corrected chi connectivity index (χ4v) is 3.32. The summed E-state index contributed by atoms with van der Waals surface area (Å²) >= 11 is 0. The van der Waals surface area contributed by atoms with Crippen LogP contribution in [-0.4, -0.2) is 27.0 Å². The number of halogens is 1. The Balaban J connectivity index is 1.79. The molecular weight excluding hydrogens is 427 g/mol. The Morgan fingerprint density at radius 3 is 2.45 bits per heavy atom. The minimum Gasteiger partial charge on any atom is -0.477 e. The second kappa shape index (κ2) is 8.93. The van der Waals surface area contributed by atoms with Gasteiger partial charge in [0.15, 0.2) is 0 Å². The predicted molar refractivity (Wildman–Crippen MR) is 124 cm³/mol. The summed E-state index contributed by atoms with van der Waals surface area (Å²) in [6, 6.07) is 16.0. The number of hydrogen-bond acceptors (Lipinski definition) is 6. The summed E-state index contributed by atoms with van der Waals surface area (Å²) in [5.41, 5.74) is 9.91. The number of nitrogens with zero attached hydrogens (tertiary/aromatic N) is 2. The molecule has 0 aliphatic rings. The Morgan fingerprint density at radius 2 is 1.82 bits per heavy atom. The van der Waals surface area contributed by atoms with E-state index in [0.29, 0.717) is 16.9 Å². The zero-order valence-corrected chi connectivity index (χ0v) is 17.2. The van der Waals surface area contributed by atoms with E-state index >= 15 is 0 Å². The van der Waals surface area contributed by atoms with Gasteiger partial charge in [-0.05, 0) is 47.5 Å². The Kier molecular flexibility index (Phi) is 5.88. The Hall–Kier alpha value is -4.50. The molecule has 0 saturated carbocycles. The quantitative estimate of drug-likeness (QED) is 0.204. The largest absolute Gasteiger partial charge is 0.477 e. The van der Waals surface area contributed by atoms with Crippen molar-refractivity contribution in [3.8, 4) is 5.69 Å². The molecule has 166 valence electrons. The lowest BCUT2D eigenvalue weighted by Crippen LogP contribution is -2.18. The van der Waals surface area contributed by atoms with Crippen LogP contribution in [0.5, 0.6) is 0 Å². The lowest BCUT2D eigenvalue weighted by atomic mass is 10.1. The molecule has 1 heterocycles. The molecule has 3 aromatic carbocycles. The van der Waals surface area contributed by atoms with E-state index in [0.717, 1.165) is 17.2 Å². The van der Waals surface area contributed by atoms with Gasteiger partial charge in [0.05, 0.1) is 24.0 Å². The third kappa shape index (κ3) is 4.43. The number of nitrogens with two attached hydrogens (primary N) is 1. The number of benzene rings is 3. The fourth-order valence-electron chi connectivity index (χ4n) is 3.32. The minimum absolute atomic E-state index is 0.00241. The first-order valence-corrected chi connectivity index (χ1v) is 9.84. The summed E-state index contributed by atoms with van der Waals surface area (Å²) in [6.45, 7) is -0.0721. The van der Waals surface area contributed by atoms with E-state index in [2.05, 4.69) is 10.5 Å². The fraction of sp³-hybridized carbons (Fsp3) is 0.0417. The summed E-state index contributed by atoms with van der Waals surface area (Å²) in [4.78, 5) is 24.3. The Bertz CT molecular complexity index is 1430. The van der Waals surface area contributed by atoms with Crippen LogP contribution in [0.15, 0.2) is 76.8 Å². The van der Waals surface area contributed by atoms with Crippen molar-refractivity contribution in [3.05, 3.63) is 99.6 Å². The molecule has 4 aromatic rings. The van der Waals surface area contributed by atoms with Crippen LogP contribution < -0.4 is 16.6 Å². The maximum Gasteiger partial charge on any atom is 0.341 e. The summed E-state index contributed by atoms with van der Waals surface area (Å²) in [7, 11) is 0. The normalized spacial score (nSPS) is 11.2. The van der Waals surface area contributed by atoms with Crippen molar-refractivity contribution < 1.29 is 19.4 Å². The Morgan fingerprint density at radius 1 is 1.12 bits per heavy atom. The number of anilines is 2. The predicted octanol–water partition coefficient (Wildman–Crippen LogP) is 3.35. The van der Waals surface area contributed by atoms with E-state index in [-0.39, 0.29) is 17.7 Å². The number of aromatic nitrogens is 1. The molecule has 4 rings (SSSR count). The highest BCUT2D eigenvalue weighted by Crippen LogP contribution is 2.25. The first-order valence-electron chi connectivity index (χ1n) is 9.84. The first-order chi connectivity index (χ1) is 15.9. The zero-order valence-electron chi connectivity index (χ0n) is 17.2. The number of carbonyl (C=O) groups is 1. The molecule has 0 radical (unpaired) electrons. The number of aliphatic hydroxyl groups excluding tert-OH is 1. The molecule has 0 unspecified atom stereocenters. The number of aliphatic hydroxyl groups is 1. The van der Waals surface area contributed by atoms with Crippen molar-refractivity contribution in [1.29, 1.82) is 0 Å². The molecule has 9 heteroatoms. The van der Waals surface area contributed by atoms with Crippen molar-refractivity contribution in [2.24, 2.45) is 5.10 Å². The number of pyridine rings is 1. The van der Waals surface area contributed by atoms with Crippen molar-refractivity contribution in [2.45, 2.75) is 6.61 Å². The van der Waals surface area contributed by atoms with Gasteiger partial charge in [-0.1, -0.05) is 24.3 Å². The number of fused-ring (bicyclic) bond motifs is 1. The monoisotopic (exact) mass is 446 g/mol. The number of rotatable bonds is 6. The van der Waals surface area contributed by atoms with Gasteiger partial charge in [-0.25, -0.2) is 9.18 Å². The van der Waals surface area contributed by atoms with E-state index in [9.17, 15) is 19.1 Å². The first kappa shape index (κ1) is 21.7. The van der Waals surface area contributed by atoms with Crippen LogP contribution in [0, 0.1) is 5.82 Å². The van der Waals surface area contributed by atoms with E-state index in [1.807, 2.05) is 0 Å². The van der Waals surface area contributed by atoms with Gasteiger partial charge < -0.3 is 20.5 Å². The lowest BCUT2D eigenvalue weighted by Gasteiger charge is -2.14. The third-order valence-corrected chi connectivity index (χ3v) is 5.05. The van der Waals surface area contributed by atoms with Gasteiger partial charge >= 0.3 is 5.97 Å². The van der Waals surface area contributed by atoms with Crippen molar-refractivity contribution in [1.82, 2.24) is 4.57 Å². The molecule has 0 saturated heterocycles. The summed E-state index contributed by atoms with van der Waals surface area (Å²) < 4.78 is 16.3. The molecule has 0 atom stereocenters. The summed E-state index contributed by atoms with van der Waals surface area (Å²) in [5, 5.41) is 22.5. The van der Waals surface area contributed by atoms with Gasteiger partial charge in [-0.2, -0.15) is 5.10 Å². The SMILES string of the molecule is Nc1ccc(-n2cc(C(=O)O)c(=O)c3cc(F)c(N/N=C/c4ccc(CO)cc4)cc32)cc1. The van der Waals surface area contributed by atoms with Crippen LogP contribution in [0.3, 0.4) is 0 Å². The average Bonchev–Trinajstić information content (AvgIpc) is 2.81. The number of hydrogen-bond donors (Lipinski definition) is 4. The number of aromatic carboxylic acids is 1. The molecule has 0 bridgehead atoms. The van der Waals surface area contributed by atoms with Crippen LogP contribution in [0.1, 0.15) is 21.5 Å². The molecule has 8 nitrogen and oxygen atoms in total. The molecule has 33 heavy (non-hydrogen) atoms. The third-order valence-electron chi connectivity index (χ3n) is 5.05. The van der Waals surface area contributed by atoms with Crippen LogP contribution in [-0.2, 0) is 6.61 Å². The topological polar surface area (TPSA) is 130 Å². The molecule has 0 aliphatic heterocycles. The lowest BCUT2D eigenvalue weighted by molar-refractivity contribution is 0.0695. The standard InChI is InChI=1S/C24H19FN4O4/c25-20-9-18-22(10-21(20)28-27-11-14-1-3-15(13-30)4-2-14)29(12-19(23(18)31)24(32)33)17-7-5-16(26)6-8-17/h1-12,28,30H,13,26H2,(H,32,33)/b27-11+. The number of carboxylic acid groups (broad SMARTS) is 1. The summed E-state index contributed by atoms with van der Waals surface area (Å²) in [5.74, 6) is -2.18. The van der Waals surface area contributed by atoms with Gasteiger partial charge in [0, 0.05) is 23.0 Å². The van der Waals surface area contributed by atoms with Gasteiger partial charge in [0.25, 0.3) is 0 Å². The molecule has 0 aliphatic carbocycles. The van der Waals surface area contributed by atoms with Crippen LogP contribution in [0.25, 0.3) is 16.6 Å². The molecule has 1 aromatic heterocycles. The van der Waals surface area contributed by atoms with E-state index in [4.69, 9.17) is 10.8 Å². The van der Waals surface area contributed by atoms with Gasteiger partial charge in [0.2, 0.25) is 5.43 Å². The van der Waals surface area contributed by atoms with E-state index in [1.165, 1.54) is 23.0 Å². The number of hydrazone groups is 1. The van der Waals surface area contributed by atoms with Crippen LogP contribution in [0.4, 0.5) is 15.8 Å². The zero-order chi connectivity index (χ0) is 23.5. The van der Waals surface area contributed by atoms with Gasteiger partial charge in [-0.3, -0.25) is 10.2 Å². The van der Waals surface area contributed by atoms with Crippen molar-refractivity contribution in [3.63, 3.8) is 0 Å². The number of nitrogen functional groups attached to an aromatic ring is 1. The maximum atomic E-state index is 14.8. The summed E-state index contributed by atoms with van der Waals surface area (Å²) in [6.07, 6.45) is 2.68. The smallest absolute Gasteiger partial charge is 0.341 e. The van der Waals surface area contributed by atoms with Gasteiger partial charge in [-0.15, -0.1) is 0 Å². The highest BCUT2D eigenvalue weighted by molar-refractivity contribution is 5.94. The maximum absolute atomic E-state index is 14.8. The average molecular weight is 446 g/mol. The van der Waals surface area contributed by atoms with Crippen molar-refractivity contribution >= 4 is 34.5 Å². The van der Waals surface area contributed by atoms with Gasteiger partial charge in [0.1, 0.15) is 11.4 Å². The molecule has 5 N–H and O–H groups in total. The molecule has 0 spiro atoms. The highest BCUT2D eigenvalue weighted by atomic mass is 19.1. The van der Waals surface area contributed by atoms with Crippen LogP contribution >= 0.6 is 0 Å². The van der Waals surface area contributed by atoms with Crippen LogP contribution in [0.2, 0.25) is 0 Å². The Labute approximate surface area is 187 Å². The number of carboxylic acids is 1. The number of nitrogens with one attached hydrogen (secondary N) is 1. The highest BCUT2D eigenvalue weighted by Gasteiger charge is 2.17. The van der Waals surface area contributed by atoms with Crippen molar-refractivity contribution in [2.75, 3.05) is 11.2 Å².